The number of aromatic nitrogens is 2. The van der Waals surface area contributed by atoms with Gasteiger partial charge in [-0.3, -0.25) is 4.57 Å². The van der Waals surface area contributed by atoms with Crippen molar-refractivity contribution in [1.29, 1.82) is 0 Å². The van der Waals surface area contributed by atoms with Gasteiger partial charge in [-0.1, -0.05) is 63.2 Å². The van der Waals surface area contributed by atoms with Gasteiger partial charge in [-0.2, -0.15) is 0 Å². The summed E-state index contributed by atoms with van der Waals surface area (Å²) >= 11 is 0. The molecule has 24 heavy (non-hydrogen) atoms. The Hall–Kier alpha value is -2.61. The van der Waals surface area contributed by atoms with Gasteiger partial charge in [0.15, 0.2) is 0 Å². The third-order valence-corrected chi connectivity index (χ3v) is 4.60. The van der Waals surface area contributed by atoms with E-state index in [0.29, 0.717) is 0 Å². The van der Waals surface area contributed by atoms with Gasteiger partial charge in [0.2, 0.25) is 0 Å². The number of hydrogen-bond donors (Lipinski definition) is 0. The van der Waals surface area contributed by atoms with Crippen LogP contribution in [-0.4, -0.2) is 9.55 Å². The average Bonchev–Trinajstić information content (AvgIpc) is 2.89. The molecule has 0 atom stereocenters. The van der Waals surface area contributed by atoms with Gasteiger partial charge in [-0.25, -0.2) is 4.98 Å². The molecule has 4 rings (SSSR count). The molecule has 0 fully saturated rings. The molecule has 0 radical (unpaired) electrons. The Morgan fingerprint density at radius 2 is 1.29 bits per heavy atom. The van der Waals surface area contributed by atoms with E-state index in [4.69, 9.17) is 4.98 Å². The van der Waals surface area contributed by atoms with Crippen LogP contribution in [0, 0.1) is 6.92 Å². The van der Waals surface area contributed by atoms with Gasteiger partial charge in [-0.15, -0.1) is 0 Å². The fourth-order valence-electron chi connectivity index (χ4n) is 3.57. The minimum Gasteiger partial charge on any atom is -0.294 e. The molecule has 0 saturated heterocycles. The topological polar surface area (TPSA) is 17.8 Å². The Labute approximate surface area is 142 Å². The van der Waals surface area contributed by atoms with Crippen molar-refractivity contribution in [3.05, 3.63) is 71.9 Å². The molecule has 0 N–H and O–H groups in total. The number of benzene rings is 2. The number of pyridine rings is 1. The molecule has 2 nitrogen and oxygen atoms in total. The minimum absolute atomic E-state index is 0.0266. The van der Waals surface area contributed by atoms with Crippen molar-refractivity contribution in [3.63, 3.8) is 0 Å². The first kappa shape index (κ1) is 14.9. The molecule has 2 heteroatoms. The maximum atomic E-state index is 5.05. The normalized spacial score (nSPS) is 12.2. The lowest BCUT2D eigenvalue weighted by molar-refractivity contribution is 0.563. The van der Waals surface area contributed by atoms with E-state index in [9.17, 15) is 0 Å². The highest BCUT2D eigenvalue weighted by Crippen LogP contribution is 2.32. The Morgan fingerprint density at radius 1 is 0.750 bits per heavy atom. The van der Waals surface area contributed by atoms with E-state index in [1.807, 2.05) is 0 Å². The average molecular weight is 314 g/mol. The maximum absolute atomic E-state index is 5.05. The van der Waals surface area contributed by atoms with Crippen LogP contribution in [0.5, 0.6) is 0 Å². The van der Waals surface area contributed by atoms with E-state index in [2.05, 4.69) is 92.9 Å². The van der Waals surface area contributed by atoms with Crippen LogP contribution in [0.25, 0.3) is 27.6 Å². The summed E-state index contributed by atoms with van der Waals surface area (Å²) in [5, 5.41) is 2.54. The lowest BCUT2D eigenvalue weighted by Gasteiger charge is -2.21. The van der Waals surface area contributed by atoms with Crippen molar-refractivity contribution in [2.24, 2.45) is 0 Å². The molecule has 0 aliphatic heterocycles. The molecule has 120 valence electrons. The summed E-state index contributed by atoms with van der Waals surface area (Å²) < 4.78 is 2.28. The summed E-state index contributed by atoms with van der Waals surface area (Å²) in [6.45, 7) is 8.80. The molecule has 0 saturated carbocycles. The van der Waals surface area contributed by atoms with Crippen LogP contribution < -0.4 is 0 Å². The van der Waals surface area contributed by atoms with Crippen molar-refractivity contribution in [3.8, 4) is 5.82 Å². The number of fused-ring (bicyclic) bond motifs is 3. The zero-order valence-electron chi connectivity index (χ0n) is 14.7. The van der Waals surface area contributed by atoms with Crippen LogP contribution in [0.15, 0.2) is 60.7 Å². The molecule has 4 aromatic rings. The predicted octanol–water partition coefficient (Wildman–Crippen LogP) is 5.78. The molecule has 0 bridgehead atoms. The van der Waals surface area contributed by atoms with E-state index < -0.39 is 0 Å². The van der Waals surface area contributed by atoms with Crippen molar-refractivity contribution >= 4 is 21.8 Å². The summed E-state index contributed by atoms with van der Waals surface area (Å²) in [6, 6.07) is 21.4. The molecule has 0 unspecified atom stereocenters. The first-order valence-electron chi connectivity index (χ1n) is 8.43. The standard InChI is InChI=1S/C22H22N2/c1-15-13-14-20(23-21(15)22(2,3)4)24-18-11-7-5-9-16(18)17-10-6-8-12-19(17)24/h5-14H,1-4H3. The van der Waals surface area contributed by atoms with Crippen LogP contribution in [-0.2, 0) is 5.41 Å². The summed E-state index contributed by atoms with van der Waals surface area (Å²) in [4.78, 5) is 5.05. The third kappa shape index (κ3) is 2.22. The van der Waals surface area contributed by atoms with Crippen molar-refractivity contribution < 1.29 is 0 Å². The monoisotopic (exact) mass is 314 g/mol. The van der Waals surface area contributed by atoms with E-state index in [1.54, 1.807) is 0 Å². The second-order valence-corrected chi connectivity index (χ2v) is 7.45. The van der Waals surface area contributed by atoms with E-state index in [0.717, 1.165) is 11.5 Å². The minimum atomic E-state index is 0.0266. The van der Waals surface area contributed by atoms with Crippen molar-refractivity contribution in [2.45, 2.75) is 33.1 Å². The molecule has 0 aliphatic rings. The summed E-state index contributed by atoms with van der Waals surface area (Å²) in [6.07, 6.45) is 0. The Bertz CT molecular complexity index is 995. The summed E-state index contributed by atoms with van der Waals surface area (Å²) in [7, 11) is 0. The van der Waals surface area contributed by atoms with Gasteiger partial charge >= 0.3 is 0 Å². The lowest BCUT2D eigenvalue weighted by atomic mass is 9.89. The number of nitrogens with zero attached hydrogens (tertiary/aromatic N) is 2. The highest BCUT2D eigenvalue weighted by Gasteiger charge is 2.20. The predicted molar refractivity (Wildman–Crippen MR) is 102 cm³/mol. The Kier molecular flexibility index (Phi) is 3.24. The van der Waals surface area contributed by atoms with E-state index in [1.165, 1.54) is 27.4 Å². The Balaban J connectivity index is 2.10. The van der Waals surface area contributed by atoms with Crippen LogP contribution in [0.1, 0.15) is 32.0 Å². The van der Waals surface area contributed by atoms with Gasteiger partial charge in [-0.05, 0) is 30.7 Å². The molecule has 2 aromatic carbocycles. The third-order valence-electron chi connectivity index (χ3n) is 4.60. The number of rotatable bonds is 1. The number of hydrogen-bond acceptors (Lipinski definition) is 1. The quantitative estimate of drug-likeness (QED) is 0.435. The first-order chi connectivity index (χ1) is 11.5. The van der Waals surface area contributed by atoms with Gasteiger partial charge in [0.1, 0.15) is 5.82 Å². The van der Waals surface area contributed by atoms with Crippen molar-refractivity contribution in [1.82, 2.24) is 9.55 Å². The molecule has 0 aliphatic carbocycles. The smallest absolute Gasteiger partial charge is 0.137 e. The molecule has 0 amide bonds. The van der Waals surface area contributed by atoms with Gasteiger partial charge in [0.05, 0.1) is 16.7 Å². The second-order valence-electron chi connectivity index (χ2n) is 7.45. The largest absolute Gasteiger partial charge is 0.294 e. The first-order valence-corrected chi connectivity index (χ1v) is 8.43. The fourth-order valence-corrected chi connectivity index (χ4v) is 3.57. The fraction of sp³-hybridized carbons (Fsp3) is 0.227. The van der Waals surface area contributed by atoms with Crippen LogP contribution in [0.3, 0.4) is 0 Å². The van der Waals surface area contributed by atoms with Gasteiger partial charge < -0.3 is 0 Å². The zero-order chi connectivity index (χ0) is 16.9. The van der Waals surface area contributed by atoms with Gasteiger partial charge in [0, 0.05) is 16.2 Å². The number of aryl methyl sites for hydroxylation is 1. The molecule has 2 aromatic heterocycles. The summed E-state index contributed by atoms with van der Waals surface area (Å²) in [5.74, 6) is 0.989. The highest BCUT2D eigenvalue weighted by molar-refractivity contribution is 6.09. The lowest BCUT2D eigenvalue weighted by Crippen LogP contribution is -2.16. The van der Waals surface area contributed by atoms with Crippen LogP contribution in [0.2, 0.25) is 0 Å². The molecular formula is C22H22N2. The van der Waals surface area contributed by atoms with Gasteiger partial charge in [0.25, 0.3) is 0 Å². The second kappa shape index (κ2) is 5.20. The summed E-state index contributed by atoms with van der Waals surface area (Å²) in [5.41, 5.74) is 4.83. The van der Waals surface area contributed by atoms with E-state index in [-0.39, 0.29) is 5.41 Å². The molecule has 0 spiro atoms. The maximum Gasteiger partial charge on any atom is 0.137 e. The molecule has 2 heterocycles. The Morgan fingerprint density at radius 3 is 1.83 bits per heavy atom. The number of para-hydroxylation sites is 2. The van der Waals surface area contributed by atoms with Crippen LogP contribution in [0.4, 0.5) is 0 Å². The van der Waals surface area contributed by atoms with Crippen molar-refractivity contribution in [2.75, 3.05) is 0 Å². The SMILES string of the molecule is Cc1ccc(-n2c3ccccc3c3ccccc32)nc1C(C)(C)C. The molecular weight excluding hydrogens is 292 g/mol. The van der Waals surface area contributed by atoms with Crippen LogP contribution >= 0.6 is 0 Å². The highest BCUT2D eigenvalue weighted by atomic mass is 15.1. The zero-order valence-corrected chi connectivity index (χ0v) is 14.7. The van der Waals surface area contributed by atoms with E-state index >= 15 is 0 Å².